The van der Waals surface area contributed by atoms with Crippen molar-refractivity contribution in [3.8, 4) is 0 Å². The average molecular weight is 215 g/mol. The minimum atomic E-state index is -2.80. The fourth-order valence-corrected chi connectivity index (χ4v) is 1.38. The Kier molecular flexibility index (Phi) is 3.91. The first-order valence-electron chi connectivity index (χ1n) is 4.48. The van der Waals surface area contributed by atoms with Crippen LogP contribution in [0.15, 0.2) is 30.9 Å². The van der Waals surface area contributed by atoms with E-state index in [0.717, 1.165) is 6.07 Å². The zero-order valence-electron chi connectivity index (χ0n) is 8.31. The van der Waals surface area contributed by atoms with Crippen molar-refractivity contribution < 1.29 is 13.2 Å². The number of likely N-dealkylation sites (N-methyl/N-ethyl adjacent to an activating group) is 1. The summed E-state index contributed by atoms with van der Waals surface area (Å²) in [5.41, 5.74) is -0.389. The lowest BCUT2D eigenvalue weighted by molar-refractivity contribution is 0.146. The van der Waals surface area contributed by atoms with Crippen molar-refractivity contribution in [3.05, 3.63) is 47.8 Å². The van der Waals surface area contributed by atoms with Gasteiger partial charge in [0, 0.05) is 5.56 Å². The summed E-state index contributed by atoms with van der Waals surface area (Å²) in [6, 6.07) is 3.50. The van der Waals surface area contributed by atoms with Crippen LogP contribution in [0.3, 0.4) is 0 Å². The summed E-state index contributed by atoms with van der Waals surface area (Å²) in [5, 5.41) is 2.77. The molecule has 0 amide bonds. The normalized spacial score (nSPS) is 12.9. The Morgan fingerprint density at radius 3 is 2.40 bits per heavy atom. The van der Waals surface area contributed by atoms with Crippen molar-refractivity contribution in [1.82, 2.24) is 5.32 Å². The standard InChI is InChI=1S/C11H12F3N/c1-3-9(15-2)7-5-4-6-8(10(7)12)11(13)14/h3-6,9,11,15H,1H2,2H3/t9-/m1/s1. The van der Waals surface area contributed by atoms with Gasteiger partial charge in [0.05, 0.1) is 11.6 Å². The maximum atomic E-state index is 13.6. The lowest BCUT2D eigenvalue weighted by atomic mass is 10.0. The molecule has 0 aromatic heterocycles. The van der Waals surface area contributed by atoms with Gasteiger partial charge in [0.15, 0.2) is 0 Å². The molecular formula is C11H12F3N. The van der Waals surface area contributed by atoms with Crippen molar-refractivity contribution in [2.45, 2.75) is 12.5 Å². The predicted octanol–water partition coefficient (Wildman–Crippen LogP) is 3.21. The second-order valence-corrected chi connectivity index (χ2v) is 3.05. The molecule has 0 aliphatic heterocycles. The highest BCUT2D eigenvalue weighted by Crippen LogP contribution is 2.27. The Bertz CT molecular complexity index is 350. The van der Waals surface area contributed by atoms with Gasteiger partial charge in [0.2, 0.25) is 0 Å². The van der Waals surface area contributed by atoms with Gasteiger partial charge in [0.25, 0.3) is 6.43 Å². The molecule has 0 spiro atoms. The molecule has 1 rings (SSSR count). The molecular weight excluding hydrogens is 203 g/mol. The molecule has 0 saturated carbocycles. The molecule has 1 nitrogen and oxygen atoms in total. The van der Waals surface area contributed by atoms with E-state index >= 15 is 0 Å². The molecule has 1 aromatic carbocycles. The van der Waals surface area contributed by atoms with Gasteiger partial charge in [-0.2, -0.15) is 0 Å². The van der Waals surface area contributed by atoms with Gasteiger partial charge in [-0.15, -0.1) is 6.58 Å². The van der Waals surface area contributed by atoms with Crippen LogP contribution in [0.4, 0.5) is 13.2 Å². The zero-order valence-corrected chi connectivity index (χ0v) is 8.31. The Balaban J connectivity index is 3.19. The van der Waals surface area contributed by atoms with E-state index in [2.05, 4.69) is 11.9 Å². The minimum Gasteiger partial charge on any atom is -0.310 e. The van der Waals surface area contributed by atoms with Crippen LogP contribution in [-0.2, 0) is 0 Å². The summed E-state index contributed by atoms with van der Waals surface area (Å²) in [6.45, 7) is 3.51. The Hall–Kier alpha value is -1.29. The first kappa shape index (κ1) is 11.8. The summed E-state index contributed by atoms with van der Waals surface area (Å²) >= 11 is 0. The molecule has 82 valence electrons. The van der Waals surface area contributed by atoms with E-state index in [1.54, 1.807) is 7.05 Å². The smallest absolute Gasteiger partial charge is 0.266 e. The molecule has 0 heterocycles. The molecule has 0 unspecified atom stereocenters. The molecule has 15 heavy (non-hydrogen) atoms. The van der Waals surface area contributed by atoms with Crippen LogP contribution in [0.25, 0.3) is 0 Å². The molecule has 0 radical (unpaired) electrons. The van der Waals surface area contributed by atoms with Crippen LogP contribution >= 0.6 is 0 Å². The minimum absolute atomic E-state index is 0.185. The van der Waals surface area contributed by atoms with Crippen LogP contribution in [0.2, 0.25) is 0 Å². The summed E-state index contributed by atoms with van der Waals surface area (Å²) in [4.78, 5) is 0. The molecule has 0 saturated heterocycles. The number of halogens is 3. The average Bonchev–Trinajstić information content (AvgIpc) is 2.21. The van der Waals surface area contributed by atoms with E-state index in [4.69, 9.17) is 0 Å². The number of nitrogens with one attached hydrogen (secondary N) is 1. The third-order valence-electron chi connectivity index (χ3n) is 2.18. The monoisotopic (exact) mass is 215 g/mol. The van der Waals surface area contributed by atoms with Crippen molar-refractivity contribution in [3.63, 3.8) is 0 Å². The molecule has 4 heteroatoms. The molecule has 1 atom stereocenters. The second-order valence-electron chi connectivity index (χ2n) is 3.05. The van der Waals surface area contributed by atoms with Crippen LogP contribution in [0.1, 0.15) is 23.6 Å². The topological polar surface area (TPSA) is 12.0 Å². The molecule has 0 aliphatic carbocycles. The Labute approximate surface area is 86.6 Å². The van der Waals surface area contributed by atoms with Gasteiger partial charge >= 0.3 is 0 Å². The van der Waals surface area contributed by atoms with E-state index in [0.29, 0.717) is 0 Å². The van der Waals surface area contributed by atoms with E-state index in [-0.39, 0.29) is 5.56 Å². The quantitative estimate of drug-likeness (QED) is 0.760. The SMILES string of the molecule is C=C[C@@H](NC)c1cccc(C(F)F)c1F. The lowest BCUT2D eigenvalue weighted by Crippen LogP contribution is -2.15. The molecule has 0 aliphatic rings. The number of rotatable bonds is 4. The van der Waals surface area contributed by atoms with Crippen molar-refractivity contribution >= 4 is 0 Å². The highest BCUT2D eigenvalue weighted by atomic mass is 19.3. The fourth-order valence-electron chi connectivity index (χ4n) is 1.38. The second kappa shape index (κ2) is 4.98. The maximum Gasteiger partial charge on any atom is 0.266 e. The van der Waals surface area contributed by atoms with Crippen molar-refractivity contribution in [2.75, 3.05) is 7.05 Å². The predicted molar refractivity (Wildman–Crippen MR) is 53.4 cm³/mol. The van der Waals surface area contributed by atoms with E-state index < -0.39 is 23.8 Å². The number of alkyl halides is 2. The lowest BCUT2D eigenvalue weighted by Gasteiger charge is -2.14. The Morgan fingerprint density at radius 1 is 1.33 bits per heavy atom. The highest BCUT2D eigenvalue weighted by Gasteiger charge is 2.18. The third-order valence-corrected chi connectivity index (χ3v) is 2.18. The van der Waals surface area contributed by atoms with Gasteiger partial charge in [-0.1, -0.05) is 24.3 Å². The number of benzene rings is 1. The van der Waals surface area contributed by atoms with Gasteiger partial charge in [-0.05, 0) is 7.05 Å². The third kappa shape index (κ3) is 2.39. The van der Waals surface area contributed by atoms with Crippen LogP contribution in [0.5, 0.6) is 0 Å². The largest absolute Gasteiger partial charge is 0.310 e. The summed E-state index contributed by atoms with van der Waals surface area (Å²) in [6.07, 6.45) is -1.33. The molecule has 1 N–H and O–H groups in total. The molecule has 1 aromatic rings. The van der Waals surface area contributed by atoms with Gasteiger partial charge in [0.1, 0.15) is 5.82 Å². The van der Waals surface area contributed by atoms with E-state index in [1.807, 2.05) is 0 Å². The summed E-state index contributed by atoms with van der Waals surface area (Å²) in [7, 11) is 1.61. The van der Waals surface area contributed by atoms with Gasteiger partial charge < -0.3 is 5.32 Å². The fraction of sp³-hybridized carbons (Fsp3) is 0.273. The summed E-state index contributed by atoms with van der Waals surface area (Å²) < 4.78 is 38.4. The number of hydrogen-bond acceptors (Lipinski definition) is 1. The van der Waals surface area contributed by atoms with Gasteiger partial charge in [-0.25, -0.2) is 13.2 Å². The molecule has 0 fully saturated rings. The van der Waals surface area contributed by atoms with Crippen molar-refractivity contribution in [2.24, 2.45) is 0 Å². The van der Waals surface area contributed by atoms with E-state index in [9.17, 15) is 13.2 Å². The Morgan fingerprint density at radius 2 is 1.93 bits per heavy atom. The first-order valence-corrected chi connectivity index (χ1v) is 4.48. The van der Waals surface area contributed by atoms with E-state index in [1.165, 1.54) is 18.2 Å². The maximum absolute atomic E-state index is 13.6. The first-order chi connectivity index (χ1) is 7.11. The van der Waals surface area contributed by atoms with Crippen LogP contribution in [-0.4, -0.2) is 7.05 Å². The highest BCUT2D eigenvalue weighted by molar-refractivity contribution is 5.31. The zero-order chi connectivity index (χ0) is 11.4. The van der Waals surface area contributed by atoms with Crippen molar-refractivity contribution in [1.29, 1.82) is 0 Å². The summed E-state index contributed by atoms with van der Waals surface area (Å²) in [5.74, 6) is -0.869. The van der Waals surface area contributed by atoms with Gasteiger partial charge in [-0.3, -0.25) is 0 Å². The number of hydrogen-bond donors (Lipinski definition) is 1. The van der Waals surface area contributed by atoms with Crippen LogP contribution in [0, 0.1) is 5.82 Å². The van der Waals surface area contributed by atoms with Crippen LogP contribution < -0.4 is 5.32 Å². The molecule has 0 bridgehead atoms.